The zero-order chi connectivity index (χ0) is 24.7. The normalized spacial score (nSPS) is 22.2. The second kappa shape index (κ2) is 11.4. The van der Waals surface area contributed by atoms with Crippen LogP contribution in [0.25, 0.3) is 0 Å². The molecule has 10 heteroatoms. The van der Waals surface area contributed by atoms with E-state index in [0.717, 1.165) is 5.56 Å². The van der Waals surface area contributed by atoms with Crippen molar-refractivity contribution in [3.8, 4) is 0 Å². The Balaban J connectivity index is 1.67. The van der Waals surface area contributed by atoms with Crippen LogP contribution in [0.2, 0.25) is 0 Å². The number of nitrogens with one attached hydrogen (secondary N) is 1. The molecule has 1 aromatic carbocycles. The second-order valence-electron chi connectivity index (χ2n) is 9.32. The number of hydrogen-bond acceptors (Lipinski definition) is 8. The van der Waals surface area contributed by atoms with Crippen LogP contribution >= 0.6 is 0 Å². The van der Waals surface area contributed by atoms with Gasteiger partial charge < -0.3 is 29.2 Å². The molecule has 1 unspecified atom stereocenters. The molecule has 2 heterocycles. The van der Waals surface area contributed by atoms with Gasteiger partial charge in [0.1, 0.15) is 36.7 Å². The van der Waals surface area contributed by atoms with Gasteiger partial charge in [0, 0.05) is 19.5 Å². The molecule has 0 spiro atoms. The van der Waals surface area contributed by atoms with Crippen LogP contribution in [0, 0.1) is 0 Å². The molecule has 1 N–H and O–H groups in total. The summed E-state index contributed by atoms with van der Waals surface area (Å²) in [6.07, 6.45) is -0.196. The summed E-state index contributed by atoms with van der Waals surface area (Å²) in [5, 5.41) is 2.63. The van der Waals surface area contributed by atoms with Gasteiger partial charge in [-0.15, -0.1) is 0 Å². The summed E-state index contributed by atoms with van der Waals surface area (Å²) >= 11 is 0. The van der Waals surface area contributed by atoms with Gasteiger partial charge in [-0.3, -0.25) is 14.5 Å². The van der Waals surface area contributed by atoms with E-state index in [1.54, 1.807) is 30.6 Å². The lowest BCUT2D eigenvalue weighted by atomic mass is 10.1. The maximum atomic E-state index is 13.1. The molecule has 3 atom stereocenters. The first-order chi connectivity index (χ1) is 16.2. The molecule has 2 saturated heterocycles. The largest absolute Gasteiger partial charge is 0.460 e. The summed E-state index contributed by atoms with van der Waals surface area (Å²) in [7, 11) is 0. The molecule has 2 aliphatic heterocycles. The Morgan fingerprint density at radius 1 is 1.24 bits per heavy atom. The summed E-state index contributed by atoms with van der Waals surface area (Å²) in [5.41, 5.74) is 0.159. The van der Waals surface area contributed by atoms with Gasteiger partial charge in [0.05, 0.1) is 13.2 Å². The Hall–Kier alpha value is -2.98. The molecular weight excluding hydrogens is 442 g/mol. The highest BCUT2D eigenvalue weighted by Gasteiger charge is 2.44. The lowest BCUT2D eigenvalue weighted by Gasteiger charge is -2.43. The number of benzene rings is 1. The standard InChI is InChI=1S/C24H33N3O7/c1-24(2,3)34-23(31)25-18-9-11-27(21(18)29)20-16-32-14-12-26(20)19(10-13-28)22(30)33-15-17-7-5-4-6-8-17/h4-8,13,18-20H,9-12,14-16H2,1-3H3,(H,25,31)/t18-,19?,20-/m0/s1. The Bertz CT molecular complexity index is 871. The van der Waals surface area contributed by atoms with Gasteiger partial charge in [0.2, 0.25) is 5.91 Å². The summed E-state index contributed by atoms with van der Waals surface area (Å²) in [6, 6.07) is 7.70. The molecule has 34 heavy (non-hydrogen) atoms. The fourth-order valence-corrected chi connectivity index (χ4v) is 4.10. The third kappa shape index (κ3) is 6.77. The molecule has 2 aliphatic rings. The number of aldehydes is 1. The third-order valence-corrected chi connectivity index (χ3v) is 5.65. The predicted octanol–water partition coefficient (Wildman–Crippen LogP) is 1.47. The van der Waals surface area contributed by atoms with Crippen molar-refractivity contribution < 1.29 is 33.4 Å². The van der Waals surface area contributed by atoms with Gasteiger partial charge in [-0.05, 0) is 32.8 Å². The summed E-state index contributed by atoms with van der Waals surface area (Å²) in [4.78, 5) is 53.0. The van der Waals surface area contributed by atoms with Crippen molar-refractivity contribution in [2.75, 3.05) is 26.3 Å². The minimum Gasteiger partial charge on any atom is -0.460 e. The molecule has 0 aromatic heterocycles. The van der Waals surface area contributed by atoms with E-state index >= 15 is 0 Å². The number of alkyl carbamates (subject to hydrolysis) is 1. The molecule has 1 aromatic rings. The van der Waals surface area contributed by atoms with Crippen molar-refractivity contribution in [2.24, 2.45) is 0 Å². The van der Waals surface area contributed by atoms with E-state index in [1.807, 2.05) is 30.3 Å². The van der Waals surface area contributed by atoms with Crippen molar-refractivity contribution in [3.05, 3.63) is 35.9 Å². The third-order valence-electron chi connectivity index (χ3n) is 5.65. The summed E-state index contributed by atoms with van der Waals surface area (Å²) < 4.78 is 16.4. The highest BCUT2D eigenvalue weighted by atomic mass is 16.6. The van der Waals surface area contributed by atoms with Crippen molar-refractivity contribution in [1.82, 2.24) is 15.1 Å². The van der Waals surface area contributed by atoms with Crippen LogP contribution in [0.15, 0.2) is 30.3 Å². The van der Waals surface area contributed by atoms with E-state index in [0.29, 0.717) is 32.4 Å². The van der Waals surface area contributed by atoms with Gasteiger partial charge in [-0.25, -0.2) is 4.79 Å². The second-order valence-corrected chi connectivity index (χ2v) is 9.32. The van der Waals surface area contributed by atoms with Crippen molar-refractivity contribution in [1.29, 1.82) is 0 Å². The smallest absolute Gasteiger partial charge is 0.408 e. The zero-order valence-electron chi connectivity index (χ0n) is 19.9. The Labute approximate surface area is 199 Å². The van der Waals surface area contributed by atoms with E-state index in [4.69, 9.17) is 14.2 Å². The van der Waals surface area contributed by atoms with Crippen LogP contribution in [-0.4, -0.2) is 84.2 Å². The van der Waals surface area contributed by atoms with Gasteiger partial charge in [-0.1, -0.05) is 30.3 Å². The van der Waals surface area contributed by atoms with Gasteiger partial charge in [0.25, 0.3) is 0 Å². The summed E-state index contributed by atoms with van der Waals surface area (Å²) in [5.74, 6) is -0.813. The zero-order valence-corrected chi connectivity index (χ0v) is 19.9. The minimum absolute atomic E-state index is 0.0637. The average Bonchev–Trinajstić information content (AvgIpc) is 3.15. The molecule has 2 amide bonds. The lowest BCUT2D eigenvalue weighted by Crippen LogP contribution is -2.61. The number of nitrogens with zero attached hydrogens (tertiary/aromatic N) is 2. The van der Waals surface area contributed by atoms with Crippen LogP contribution in [0.4, 0.5) is 4.79 Å². The molecule has 2 fully saturated rings. The lowest BCUT2D eigenvalue weighted by molar-refractivity contribution is -0.165. The van der Waals surface area contributed by atoms with Crippen LogP contribution in [0.5, 0.6) is 0 Å². The van der Waals surface area contributed by atoms with Crippen molar-refractivity contribution in [2.45, 2.75) is 64.1 Å². The molecule has 0 bridgehead atoms. The number of ether oxygens (including phenoxy) is 3. The number of carbonyl (C=O) groups is 4. The number of rotatable bonds is 8. The SMILES string of the molecule is CC(C)(C)OC(=O)N[C@H]1CCN([C@H]2COCCN2C(CC=O)C(=O)OCc2ccccc2)C1=O. The molecule has 10 nitrogen and oxygen atoms in total. The number of carbonyl (C=O) groups excluding carboxylic acids is 4. The fourth-order valence-electron chi connectivity index (χ4n) is 4.10. The maximum absolute atomic E-state index is 13.1. The molecule has 186 valence electrons. The molecule has 0 aliphatic carbocycles. The van der Waals surface area contributed by atoms with Crippen LogP contribution < -0.4 is 5.32 Å². The Morgan fingerprint density at radius 2 is 1.97 bits per heavy atom. The van der Waals surface area contributed by atoms with E-state index in [-0.39, 0.29) is 25.5 Å². The van der Waals surface area contributed by atoms with Crippen molar-refractivity contribution >= 4 is 24.3 Å². The first kappa shape index (κ1) is 25.6. The Morgan fingerprint density at radius 3 is 2.65 bits per heavy atom. The van der Waals surface area contributed by atoms with E-state index in [1.165, 1.54) is 0 Å². The first-order valence-corrected chi connectivity index (χ1v) is 11.5. The molecule has 3 rings (SSSR count). The van der Waals surface area contributed by atoms with E-state index in [2.05, 4.69) is 5.32 Å². The quantitative estimate of drug-likeness (QED) is 0.444. The first-order valence-electron chi connectivity index (χ1n) is 11.5. The minimum atomic E-state index is -0.847. The number of hydrogen-bond donors (Lipinski definition) is 1. The molecule has 0 saturated carbocycles. The van der Waals surface area contributed by atoms with Crippen LogP contribution in [0.3, 0.4) is 0 Å². The monoisotopic (exact) mass is 475 g/mol. The highest BCUT2D eigenvalue weighted by Crippen LogP contribution is 2.23. The number of morpholine rings is 1. The van der Waals surface area contributed by atoms with E-state index in [9.17, 15) is 19.2 Å². The van der Waals surface area contributed by atoms with Gasteiger partial charge in [-0.2, -0.15) is 0 Å². The number of likely N-dealkylation sites (tertiary alicyclic amines) is 1. The van der Waals surface area contributed by atoms with Gasteiger partial charge >= 0.3 is 12.1 Å². The topological polar surface area (TPSA) is 114 Å². The van der Waals surface area contributed by atoms with Crippen LogP contribution in [-0.2, 0) is 35.2 Å². The average molecular weight is 476 g/mol. The number of esters is 1. The number of amides is 2. The van der Waals surface area contributed by atoms with Crippen molar-refractivity contribution in [3.63, 3.8) is 0 Å². The Kier molecular flexibility index (Phi) is 8.62. The predicted molar refractivity (Wildman–Crippen MR) is 122 cm³/mol. The summed E-state index contributed by atoms with van der Waals surface area (Å²) in [6.45, 7) is 6.61. The van der Waals surface area contributed by atoms with Crippen LogP contribution in [0.1, 0.15) is 39.2 Å². The highest BCUT2D eigenvalue weighted by molar-refractivity contribution is 5.88. The molecular formula is C24H33N3O7. The maximum Gasteiger partial charge on any atom is 0.408 e. The van der Waals surface area contributed by atoms with Gasteiger partial charge in [0.15, 0.2) is 0 Å². The fraction of sp³-hybridized carbons (Fsp3) is 0.583. The molecule has 0 radical (unpaired) electrons. The van der Waals surface area contributed by atoms with E-state index < -0.39 is 35.9 Å².